The minimum absolute atomic E-state index is 0.245. The van der Waals surface area contributed by atoms with Crippen molar-refractivity contribution < 1.29 is 9.47 Å². The van der Waals surface area contributed by atoms with Gasteiger partial charge in [0.15, 0.2) is 5.82 Å². The van der Waals surface area contributed by atoms with Crippen LogP contribution in [0, 0.1) is 0 Å². The molecule has 6 heteroatoms. The quantitative estimate of drug-likeness (QED) is 0.926. The summed E-state index contributed by atoms with van der Waals surface area (Å²) in [5, 5.41) is 8.43. The van der Waals surface area contributed by atoms with Gasteiger partial charge >= 0.3 is 0 Å². The number of methoxy groups -OCH3 is 1. The summed E-state index contributed by atoms with van der Waals surface area (Å²) in [6.07, 6.45) is 3.16. The van der Waals surface area contributed by atoms with E-state index in [4.69, 9.17) is 14.5 Å². The zero-order valence-electron chi connectivity index (χ0n) is 15.2. The Labute approximate surface area is 148 Å². The highest BCUT2D eigenvalue weighted by molar-refractivity contribution is 5.42. The van der Waals surface area contributed by atoms with Gasteiger partial charge in [0.05, 0.1) is 13.2 Å². The summed E-state index contributed by atoms with van der Waals surface area (Å²) < 4.78 is 13.4. The second kappa shape index (κ2) is 6.67. The number of aromatic nitrogens is 3. The first-order valence-electron chi connectivity index (χ1n) is 9.14. The van der Waals surface area contributed by atoms with E-state index in [1.165, 1.54) is 5.56 Å². The van der Waals surface area contributed by atoms with Crippen molar-refractivity contribution >= 4 is 0 Å². The largest absolute Gasteiger partial charge is 0.497 e. The van der Waals surface area contributed by atoms with Crippen molar-refractivity contribution in [1.29, 1.82) is 0 Å². The predicted octanol–water partition coefficient (Wildman–Crippen LogP) is 2.84. The number of aryl methyl sites for hydroxylation is 1. The van der Waals surface area contributed by atoms with Crippen LogP contribution in [-0.2, 0) is 13.0 Å². The standard InChI is InChI=1S/C19H26N4O2/c1-12(2)18-21-19-16(5-4-8-23(19)22-18)20-14-9-13-10-15(24-3)6-7-17(13)25-11-14/h6-7,10,12,14,16,20H,4-5,8-9,11H2,1-3H3/t14-,16-/m0/s1. The lowest BCUT2D eigenvalue weighted by atomic mass is 9.99. The molecule has 0 radical (unpaired) electrons. The van der Waals surface area contributed by atoms with Gasteiger partial charge in [-0.2, -0.15) is 5.10 Å². The molecule has 0 amide bonds. The molecule has 2 atom stereocenters. The second-order valence-electron chi connectivity index (χ2n) is 7.25. The van der Waals surface area contributed by atoms with E-state index in [1.807, 2.05) is 12.1 Å². The number of rotatable bonds is 4. The fourth-order valence-corrected chi connectivity index (χ4v) is 3.66. The summed E-state index contributed by atoms with van der Waals surface area (Å²) in [5.74, 6) is 4.22. The molecule has 2 aromatic rings. The third-order valence-corrected chi connectivity index (χ3v) is 5.02. The molecule has 1 aromatic heterocycles. The van der Waals surface area contributed by atoms with Crippen molar-refractivity contribution in [3.63, 3.8) is 0 Å². The number of fused-ring (bicyclic) bond motifs is 2. The van der Waals surface area contributed by atoms with E-state index in [-0.39, 0.29) is 12.1 Å². The van der Waals surface area contributed by atoms with Crippen LogP contribution in [0.2, 0.25) is 0 Å². The van der Waals surface area contributed by atoms with Crippen LogP contribution in [0.4, 0.5) is 0 Å². The highest BCUT2D eigenvalue weighted by Crippen LogP contribution is 2.31. The third-order valence-electron chi connectivity index (χ3n) is 5.02. The van der Waals surface area contributed by atoms with Gasteiger partial charge in [0, 0.05) is 18.5 Å². The molecule has 1 aromatic carbocycles. The van der Waals surface area contributed by atoms with Crippen molar-refractivity contribution in [2.45, 2.75) is 57.7 Å². The lowest BCUT2D eigenvalue weighted by Crippen LogP contribution is -2.43. The molecule has 2 aliphatic rings. The van der Waals surface area contributed by atoms with Gasteiger partial charge in [0.25, 0.3) is 0 Å². The van der Waals surface area contributed by atoms with E-state index < -0.39 is 0 Å². The van der Waals surface area contributed by atoms with Crippen LogP contribution in [0.1, 0.15) is 55.9 Å². The lowest BCUT2D eigenvalue weighted by Gasteiger charge is -2.31. The molecular weight excluding hydrogens is 316 g/mol. The number of benzene rings is 1. The first-order chi connectivity index (χ1) is 12.1. The van der Waals surface area contributed by atoms with Gasteiger partial charge in [-0.25, -0.2) is 9.67 Å². The zero-order chi connectivity index (χ0) is 17.4. The number of nitrogens with one attached hydrogen (secondary N) is 1. The number of nitrogens with zero attached hydrogens (tertiary/aromatic N) is 3. The highest BCUT2D eigenvalue weighted by atomic mass is 16.5. The molecule has 4 rings (SSSR count). The Morgan fingerprint density at radius 3 is 3.04 bits per heavy atom. The molecule has 134 valence electrons. The maximum absolute atomic E-state index is 5.95. The molecular formula is C19H26N4O2. The van der Waals surface area contributed by atoms with E-state index in [1.54, 1.807) is 7.11 Å². The van der Waals surface area contributed by atoms with Gasteiger partial charge < -0.3 is 14.8 Å². The minimum atomic E-state index is 0.245. The SMILES string of the molecule is COc1ccc2c(c1)C[C@H](N[C@H]1CCCn3nc(C(C)C)nc31)CO2. The van der Waals surface area contributed by atoms with Gasteiger partial charge in [-0.3, -0.25) is 0 Å². The summed E-state index contributed by atoms with van der Waals surface area (Å²) in [6.45, 7) is 5.93. The topological polar surface area (TPSA) is 61.2 Å². The van der Waals surface area contributed by atoms with Crippen LogP contribution in [0.25, 0.3) is 0 Å². The molecule has 6 nitrogen and oxygen atoms in total. The van der Waals surface area contributed by atoms with Crippen LogP contribution in [0.3, 0.4) is 0 Å². The Balaban J connectivity index is 1.50. The maximum atomic E-state index is 5.95. The van der Waals surface area contributed by atoms with Crippen molar-refractivity contribution in [3.8, 4) is 11.5 Å². The Morgan fingerprint density at radius 2 is 2.24 bits per heavy atom. The monoisotopic (exact) mass is 342 g/mol. The van der Waals surface area contributed by atoms with E-state index in [0.717, 1.165) is 49.0 Å². The first kappa shape index (κ1) is 16.4. The molecule has 2 aliphatic heterocycles. The fourth-order valence-electron chi connectivity index (χ4n) is 3.66. The maximum Gasteiger partial charge on any atom is 0.153 e. The summed E-state index contributed by atoms with van der Waals surface area (Å²) >= 11 is 0. The molecule has 0 spiro atoms. The molecule has 0 saturated carbocycles. The molecule has 0 bridgehead atoms. The second-order valence-corrected chi connectivity index (χ2v) is 7.25. The normalized spacial score (nSPS) is 22.2. The van der Waals surface area contributed by atoms with Crippen LogP contribution < -0.4 is 14.8 Å². The summed E-state index contributed by atoms with van der Waals surface area (Å²) in [5.41, 5.74) is 1.20. The number of hydrogen-bond acceptors (Lipinski definition) is 5. The van der Waals surface area contributed by atoms with Gasteiger partial charge in [0.1, 0.15) is 23.9 Å². The molecule has 3 heterocycles. The smallest absolute Gasteiger partial charge is 0.153 e. The van der Waals surface area contributed by atoms with E-state index >= 15 is 0 Å². The molecule has 0 unspecified atom stereocenters. The highest BCUT2D eigenvalue weighted by Gasteiger charge is 2.29. The molecule has 0 fully saturated rings. The molecule has 25 heavy (non-hydrogen) atoms. The Kier molecular flexibility index (Phi) is 4.37. The lowest BCUT2D eigenvalue weighted by molar-refractivity contribution is 0.214. The van der Waals surface area contributed by atoms with Gasteiger partial charge in [-0.1, -0.05) is 13.8 Å². The first-order valence-corrected chi connectivity index (χ1v) is 9.14. The Hall–Kier alpha value is -2.08. The minimum Gasteiger partial charge on any atom is -0.497 e. The van der Waals surface area contributed by atoms with Crippen molar-refractivity contribution in [1.82, 2.24) is 20.1 Å². The van der Waals surface area contributed by atoms with Crippen molar-refractivity contribution in [2.75, 3.05) is 13.7 Å². The van der Waals surface area contributed by atoms with E-state index in [9.17, 15) is 0 Å². The summed E-state index contributed by atoms with van der Waals surface area (Å²) in [4.78, 5) is 4.80. The van der Waals surface area contributed by atoms with E-state index in [0.29, 0.717) is 12.5 Å². The van der Waals surface area contributed by atoms with Gasteiger partial charge in [0.2, 0.25) is 0 Å². The summed E-state index contributed by atoms with van der Waals surface area (Å²) in [6, 6.07) is 6.54. The average Bonchev–Trinajstić information content (AvgIpc) is 3.07. The van der Waals surface area contributed by atoms with Crippen LogP contribution in [0.15, 0.2) is 18.2 Å². The van der Waals surface area contributed by atoms with Crippen molar-refractivity contribution in [3.05, 3.63) is 35.4 Å². The predicted molar refractivity (Wildman–Crippen MR) is 95.2 cm³/mol. The van der Waals surface area contributed by atoms with Crippen molar-refractivity contribution in [2.24, 2.45) is 0 Å². The molecule has 0 aliphatic carbocycles. The fraction of sp³-hybridized carbons (Fsp3) is 0.579. The van der Waals surface area contributed by atoms with Crippen LogP contribution in [0.5, 0.6) is 11.5 Å². The molecule has 0 saturated heterocycles. The summed E-state index contributed by atoms with van der Waals surface area (Å²) in [7, 11) is 1.70. The van der Waals surface area contributed by atoms with Gasteiger partial charge in [-0.15, -0.1) is 0 Å². The number of ether oxygens (including phenoxy) is 2. The van der Waals surface area contributed by atoms with Crippen LogP contribution >= 0.6 is 0 Å². The third kappa shape index (κ3) is 3.23. The zero-order valence-corrected chi connectivity index (χ0v) is 15.2. The Morgan fingerprint density at radius 1 is 1.36 bits per heavy atom. The number of hydrogen-bond donors (Lipinski definition) is 1. The van der Waals surface area contributed by atoms with Crippen LogP contribution in [-0.4, -0.2) is 34.5 Å². The molecule has 1 N–H and O–H groups in total. The van der Waals surface area contributed by atoms with Gasteiger partial charge in [-0.05, 0) is 43.0 Å². The Bertz CT molecular complexity index is 756. The van der Waals surface area contributed by atoms with E-state index in [2.05, 4.69) is 35.0 Å². The average molecular weight is 342 g/mol.